The summed E-state index contributed by atoms with van der Waals surface area (Å²) in [5.74, 6) is 0.800. The average molecular weight is 401 g/mol. The van der Waals surface area contributed by atoms with Crippen LogP contribution in [0.4, 0.5) is 0 Å². The quantitative estimate of drug-likeness (QED) is 0.650. The van der Waals surface area contributed by atoms with Crippen molar-refractivity contribution >= 4 is 11.9 Å². The lowest BCUT2D eigenvalue weighted by Gasteiger charge is -2.18. The van der Waals surface area contributed by atoms with Crippen molar-refractivity contribution in [2.75, 3.05) is 27.4 Å². The Hall–Kier alpha value is -3.22. The number of hydrogen-bond donors (Lipinski definition) is 1. The molecule has 0 radical (unpaired) electrons. The standard InChI is InChI=1S/C22H27NO6/c1-14-6-7-18(10-15(14)2)28-13-22(25)29-12-21(24)23-16(3)19-11-17(26-4)8-9-20(19)27-5/h6-11,16H,12-13H2,1-5H3,(H,23,24). The molecule has 0 aliphatic heterocycles. The van der Waals surface area contributed by atoms with Gasteiger partial charge in [-0.3, -0.25) is 4.79 Å². The molecule has 29 heavy (non-hydrogen) atoms. The lowest BCUT2D eigenvalue weighted by molar-refractivity contribution is -0.150. The minimum atomic E-state index is -0.620. The summed E-state index contributed by atoms with van der Waals surface area (Å²) < 4.78 is 20.9. The lowest BCUT2D eigenvalue weighted by Crippen LogP contribution is -2.32. The van der Waals surface area contributed by atoms with Crippen LogP contribution in [0, 0.1) is 13.8 Å². The van der Waals surface area contributed by atoms with Gasteiger partial charge < -0.3 is 24.3 Å². The van der Waals surface area contributed by atoms with Gasteiger partial charge in [0.25, 0.3) is 5.91 Å². The number of esters is 1. The average Bonchev–Trinajstić information content (AvgIpc) is 2.72. The predicted octanol–water partition coefficient (Wildman–Crippen LogP) is 3.12. The number of rotatable bonds is 9. The topological polar surface area (TPSA) is 83.1 Å². The summed E-state index contributed by atoms with van der Waals surface area (Å²) in [5, 5.41) is 2.77. The smallest absolute Gasteiger partial charge is 0.344 e. The van der Waals surface area contributed by atoms with Crippen molar-refractivity contribution in [2.24, 2.45) is 0 Å². The first-order valence-electron chi connectivity index (χ1n) is 9.21. The molecule has 0 aliphatic rings. The molecule has 2 aromatic rings. The Morgan fingerprint density at radius 1 is 0.931 bits per heavy atom. The van der Waals surface area contributed by atoms with E-state index in [-0.39, 0.29) is 12.6 Å². The summed E-state index contributed by atoms with van der Waals surface area (Å²) in [6, 6.07) is 10.5. The lowest BCUT2D eigenvalue weighted by atomic mass is 10.1. The summed E-state index contributed by atoms with van der Waals surface area (Å²) >= 11 is 0. The Labute approximate surface area is 170 Å². The van der Waals surface area contributed by atoms with Crippen LogP contribution in [0.15, 0.2) is 36.4 Å². The molecule has 156 valence electrons. The summed E-state index contributed by atoms with van der Waals surface area (Å²) in [6.45, 7) is 5.10. The number of aryl methyl sites for hydroxylation is 2. The normalized spacial score (nSPS) is 11.3. The summed E-state index contributed by atoms with van der Waals surface area (Å²) in [4.78, 5) is 24.0. The van der Waals surface area contributed by atoms with Crippen molar-refractivity contribution in [3.63, 3.8) is 0 Å². The highest BCUT2D eigenvalue weighted by Crippen LogP contribution is 2.29. The van der Waals surface area contributed by atoms with Crippen LogP contribution in [0.3, 0.4) is 0 Å². The molecule has 1 N–H and O–H groups in total. The Balaban J connectivity index is 1.83. The highest BCUT2D eigenvalue weighted by atomic mass is 16.6. The van der Waals surface area contributed by atoms with Crippen molar-refractivity contribution in [3.05, 3.63) is 53.1 Å². The highest BCUT2D eigenvalue weighted by Gasteiger charge is 2.16. The number of benzene rings is 2. The third-order valence-corrected chi connectivity index (χ3v) is 4.48. The van der Waals surface area contributed by atoms with E-state index in [9.17, 15) is 9.59 Å². The van der Waals surface area contributed by atoms with Crippen LogP contribution in [0.1, 0.15) is 29.7 Å². The summed E-state index contributed by atoms with van der Waals surface area (Å²) in [5.41, 5.74) is 2.96. The van der Waals surface area contributed by atoms with E-state index in [1.807, 2.05) is 26.0 Å². The van der Waals surface area contributed by atoms with E-state index in [2.05, 4.69) is 5.32 Å². The molecule has 0 fully saturated rings. The van der Waals surface area contributed by atoms with E-state index in [0.717, 1.165) is 16.7 Å². The molecule has 0 heterocycles. The van der Waals surface area contributed by atoms with Gasteiger partial charge in [0.05, 0.1) is 20.3 Å². The monoisotopic (exact) mass is 401 g/mol. The van der Waals surface area contributed by atoms with Crippen LogP contribution in [0.2, 0.25) is 0 Å². The van der Waals surface area contributed by atoms with Gasteiger partial charge in [-0.05, 0) is 62.2 Å². The number of carbonyl (C=O) groups is 2. The fourth-order valence-corrected chi connectivity index (χ4v) is 2.67. The number of nitrogens with one attached hydrogen (secondary N) is 1. The van der Waals surface area contributed by atoms with Crippen molar-refractivity contribution in [1.29, 1.82) is 0 Å². The fourth-order valence-electron chi connectivity index (χ4n) is 2.67. The molecule has 0 saturated carbocycles. The molecule has 0 aromatic heterocycles. The van der Waals surface area contributed by atoms with Crippen LogP contribution < -0.4 is 19.5 Å². The first-order valence-corrected chi connectivity index (χ1v) is 9.21. The molecule has 0 bridgehead atoms. The third-order valence-electron chi connectivity index (χ3n) is 4.48. The Morgan fingerprint density at radius 3 is 2.31 bits per heavy atom. The number of carbonyl (C=O) groups excluding carboxylic acids is 2. The Morgan fingerprint density at radius 2 is 1.66 bits per heavy atom. The van der Waals surface area contributed by atoms with Gasteiger partial charge in [0.2, 0.25) is 0 Å². The second kappa shape index (κ2) is 10.4. The maximum absolute atomic E-state index is 12.1. The zero-order chi connectivity index (χ0) is 21.4. The molecule has 7 nitrogen and oxygen atoms in total. The molecule has 7 heteroatoms. The Bertz CT molecular complexity index is 864. The fraction of sp³-hybridized carbons (Fsp3) is 0.364. The molecule has 1 atom stereocenters. The predicted molar refractivity (Wildman–Crippen MR) is 108 cm³/mol. The van der Waals surface area contributed by atoms with Gasteiger partial charge in [-0.2, -0.15) is 0 Å². The summed E-state index contributed by atoms with van der Waals surface area (Å²) in [6.07, 6.45) is 0. The van der Waals surface area contributed by atoms with Gasteiger partial charge >= 0.3 is 5.97 Å². The van der Waals surface area contributed by atoms with Gasteiger partial charge in [0.15, 0.2) is 13.2 Å². The van der Waals surface area contributed by atoms with Gasteiger partial charge in [-0.15, -0.1) is 0 Å². The maximum atomic E-state index is 12.1. The van der Waals surface area contributed by atoms with E-state index in [1.165, 1.54) is 0 Å². The summed E-state index contributed by atoms with van der Waals surface area (Å²) in [7, 11) is 3.12. The number of amides is 1. The maximum Gasteiger partial charge on any atom is 0.344 e. The number of hydrogen-bond acceptors (Lipinski definition) is 6. The van der Waals surface area contributed by atoms with Crippen LogP contribution in [-0.4, -0.2) is 39.3 Å². The molecule has 0 saturated heterocycles. The molecule has 2 aromatic carbocycles. The van der Waals surface area contributed by atoms with Crippen LogP contribution in [0.5, 0.6) is 17.2 Å². The largest absolute Gasteiger partial charge is 0.497 e. The van der Waals surface area contributed by atoms with Gasteiger partial charge in [0.1, 0.15) is 17.2 Å². The van der Waals surface area contributed by atoms with Crippen LogP contribution in [0.25, 0.3) is 0 Å². The van der Waals surface area contributed by atoms with E-state index >= 15 is 0 Å². The van der Waals surface area contributed by atoms with E-state index < -0.39 is 18.5 Å². The zero-order valence-corrected chi connectivity index (χ0v) is 17.4. The highest BCUT2D eigenvalue weighted by molar-refractivity contribution is 5.81. The van der Waals surface area contributed by atoms with Crippen molar-refractivity contribution in [2.45, 2.75) is 26.8 Å². The van der Waals surface area contributed by atoms with Crippen molar-refractivity contribution < 1.29 is 28.5 Å². The van der Waals surface area contributed by atoms with Crippen molar-refractivity contribution in [1.82, 2.24) is 5.32 Å². The second-order valence-electron chi connectivity index (χ2n) is 6.59. The third kappa shape index (κ3) is 6.41. The first kappa shape index (κ1) is 22.1. The van der Waals surface area contributed by atoms with E-state index in [0.29, 0.717) is 17.2 Å². The van der Waals surface area contributed by atoms with E-state index in [1.54, 1.807) is 45.4 Å². The minimum absolute atomic E-state index is 0.269. The first-order chi connectivity index (χ1) is 13.8. The number of methoxy groups -OCH3 is 2. The second-order valence-corrected chi connectivity index (χ2v) is 6.59. The van der Waals surface area contributed by atoms with Crippen LogP contribution in [-0.2, 0) is 14.3 Å². The van der Waals surface area contributed by atoms with Gasteiger partial charge in [-0.1, -0.05) is 6.07 Å². The van der Waals surface area contributed by atoms with E-state index in [4.69, 9.17) is 18.9 Å². The molecule has 0 spiro atoms. The molecular weight excluding hydrogens is 374 g/mol. The molecular formula is C22H27NO6. The van der Waals surface area contributed by atoms with Crippen LogP contribution >= 0.6 is 0 Å². The molecule has 0 aliphatic carbocycles. The van der Waals surface area contributed by atoms with Crippen molar-refractivity contribution in [3.8, 4) is 17.2 Å². The van der Waals surface area contributed by atoms with Gasteiger partial charge in [0, 0.05) is 5.56 Å². The Kier molecular flexibility index (Phi) is 7.88. The minimum Gasteiger partial charge on any atom is -0.497 e. The van der Waals surface area contributed by atoms with Gasteiger partial charge in [-0.25, -0.2) is 4.79 Å². The molecule has 1 amide bonds. The molecule has 1 unspecified atom stereocenters. The SMILES string of the molecule is COc1ccc(OC)c(C(C)NC(=O)COC(=O)COc2ccc(C)c(C)c2)c1. The zero-order valence-electron chi connectivity index (χ0n) is 17.4. The molecule has 2 rings (SSSR count). The number of ether oxygens (including phenoxy) is 4.